The van der Waals surface area contributed by atoms with Crippen LogP contribution >= 0.6 is 11.3 Å². The number of hydrogen-bond acceptors (Lipinski definition) is 6. The summed E-state index contributed by atoms with van der Waals surface area (Å²) in [6, 6.07) is 4.05. The van der Waals surface area contributed by atoms with Gasteiger partial charge < -0.3 is 9.64 Å². The summed E-state index contributed by atoms with van der Waals surface area (Å²) < 4.78 is 35.0. The molecule has 4 atom stereocenters. The van der Waals surface area contributed by atoms with E-state index in [0.29, 0.717) is 61.4 Å². The fourth-order valence-corrected chi connectivity index (χ4v) is 9.43. The van der Waals surface area contributed by atoms with Gasteiger partial charge >= 0.3 is 0 Å². The molecule has 7 nitrogen and oxygen atoms in total. The van der Waals surface area contributed by atoms with E-state index in [-0.39, 0.29) is 11.9 Å². The van der Waals surface area contributed by atoms with Gasteiger partial charge in [0.05, 0.1) is 13.2 Å². The Morgan fingerprint density at radius 2 is 1.91 bits per heavy atom. The monoisotopic (exact) mass is 481 g/mol. The molecule has 4 aliphatic heterocycles. The van der Waals surface area contributed by atoms with Gasteiger partial charge in [-0.2, -0.15) is 4.31 Å². The van der Waals surface area contributed by atoms with Gasteiger partial charge in [0.25, 0.3) is 10.0 Å². The van der Waals surface area contributed by atoms with Crippen molar-refractivity contribution in [2.45, 2.75) is 61.2 Å². The van der Waals surface area contributed by atoms with E-state index in [9.17, 15) is 13.2 Å². The highest BCUT2D eigenvalue weighted by Gasteiger charge is 2.51. The van der Waals surface area contributed by atoms with Crippen molar-refractivity contribution in [1.82, 2.24) is 14.1 Å². The maximum absolute atomic E-state index is 13.7. The number of piperidine rings is 3. The Kier molecular flexibility index (Phi) is 6.90. The molecule has 0 N–H and O–H groups in total. The summed E-state index contributed by atoms with van der Waals surface area (Å²) in [5.41, 5.74) is 0. The average molecular weight is 482 g/mol. The third-order valence-electron chi connectivity index (χ3n) is 7.94. The minimum atomic E-state index is -3.50. The van der Waals surface area contributed by atoms with E-state index in [1.165, 1.54) is 17.8 Å². The van der Waals surface area contributed by atoms with Gasteiger partial charge in [-0.3, -0.25) is 9.69 Å². The highest BCUT2D eigenvalue weighted by Crippen LogP contribution is 2.45. The van der Waals surface area contributed by atoms with Crippen molar-refractivity contribution in [1.29, 1.82) is 0 Å². The number of nitrogens with zero attached hydrogens (tertiary/aromatic N) is 3. The number of carbonyl (C=O) groups is 1. The molecule has 4 aliphatic rings. The van der Waals surface area contributed by atoms with Crippen molar-refractivity contribution in [2.24, 2.45) is 11.8 Å². The molecule has 9 heteroatoms. The first-order valence-electron chi connectivity index (χ1n) is 12.2. The zero-order valence-electron chi connectivity index (χ0n) is 18.7. The second kappa shape index (κ2) is 9.70. The lowest BCUT2D eigenvalue weighted by Gasteiger charge is -2.57. The molecule has 0 bridgehead atoms. The van der Waals surface area contributed by atoms with E-state index in [1.54, 1.807) is 6.07 Å². The molecule has 5 heterocycles. The zero-order chi connectivity index (χ0) is 22.1. The predicted octanol–water partition coefficient (Wildman–Crippen LogP) is 2.64. The first-order valence-corrected chi connectivity index (χ1v) is 14.5. The third kappa shape index (κ3) is 4.39. The third-order valence-corrected chi connectivity index (χ3v) is 11.2. The van der Waals surface area contributed by atoms with Crippen molar-refractivity contribution in [3.8, 4) is 0 Å². The molecule has 32 heavy (non-hydrogen) atoms. The topological polar surface area (TPSA) is 70.2 Å². The smallest absolute Gasteiger partial charge is 0.252 e. The number of thiophene rings is 1. The molecule has 4 saturated heterocycles. The van der Waals surface area contributed by atoms with Crippen LogP contribution in [0.5, 0.6) is 0 Å². The standard InChI is InChI=1S/C23H35N3O4S2/c27-21(24-12-14-30-15-13-24)8-1-7-20-19-6-3-11-25-10-2-5-18(23(19)25)17-26(20)32(28,29)22-9-4-16-31-22/h4,9,16,18-20,23H,1-3,5-8,10-15,17H2/t18-,19+,20+,23-/m0/s1. The molecule has 0 saturated carbocycles. The van der Waals surface area contributed by atoms with E-state index in [4.69, 9.17) is 4.74 Å². The van der Waals surface area contributed by atoms with E-state index < -0.39 is 10.0 Å². The highest BCUT2D eigenvalue weighted by atomic mass is 32.2. The van der Waals surface area contributed by atoms with E-state index in [1.807, 2.05) is 20.7 Å². The van der Waals surface area contributed by atoms with Gasteiger partial charge in [-0.1, -0.05) is 6.07 Å². The van der Waals surface area contributed by atoms with Crippen molar-refractivity contribution in [2.75, 3.05) is 45.9 Å². The second-order valence-electron chi connectivity index (χ2n) is 9.69. The maximum Gasteiger partial charge on any atom is 0.252 e. The summed E-state index contributed by atoms with van der Waals surface area (Å²) in [6.07, 6.45) is 6.53. The Balaban J connectivity index is 1.35. The van der Waals surface area contributed by atoms with Gasteiger partial charge in [0.1, 0.15) is 4.21 Å². The molecular formula is C23H35N3O4S2. The van der Waals surface area contributed by atoms with Crippen LogP contribution in [0.2, 0.25) is 0 Å². The van der Waals surface area contributed by atoms with Crippen LogP contribution in [0.1, 0.15) is 44.9 Å². The lowest BCUT2D eigenvalue weighted by molar-refractivity contribution is -0.135. The lowest BCUT2D eigenvalue weighted by atomic mass is 9.70. The summed E-state index contributed by atoms with van der Waals surface area (Å²) >= 11 is 1.31. The number of hydrogen-bond donors (Lipinski definition) is 0. The van der Waals surface area contributed by atoms with E-state index >= 15 is 0 Å². The molecule has 0 spiro atoms. The molecule has 0 aliphatic carbocycles. The molecule has 0 radical (unpaired) electrons. The molecule has 1 amide bonds. The lowest BCUT2D eigenvalue weighted by Crippen LogP contribution is -2.65. The largest absolute Gasteiger partial charge is 0.378 e. The molecule has 0 aromatic carbocycles. The summed E-state index contributed by atoms with van der Waals surface area (Å²) in [6.45, 7) is 5.49. The maximum atomic E-state index is 13.7. The quantitative estimate of drug-likeness (QED) is 0.625. The van der Waals surface area contributed by atoms with Crippen molar-refractivity contribution < 1.29 is 17.9 Å². The predicted molar refractivity (Wildman–Crippen MR) is 124 cm³/mol. The average Bonchev–Trinajstić information content (AvgIpc) is 3.37. The Morgan fingerprint density at radius 3 is 2.66 bits per heavy atom. The highest BCUT2D eigenvalue weighted by molar-refractivity contribution is 7.91. The van der Waals surface area contributed by atoms with Gasteiger partial charge in [0.2, 0.25) is 5.91 Å². The zero-order valence-corrected chi connectivity index (χ0v) is 20.4. The van der Waals surface area contributed by atoms with Crippen LogP contribution in [0.15, 0.2) is 21.7 Å². The summed E-state index contributed by atoms with van der Waals surface area (Å²) in [4.78, 5) is 17.2. The number of morpholine rings is 1. The van der Waals surface area contributed by atoms with Crippen LogP contribution in [0.4, 0.5) is 0 Å². The molecule has 1 aromatic rings. The van der Waals surface area contributed by atoms with Crippen LogP contribution in [-0.2, 0) is 19.6 Å². The molecule has 1 aromatic heterocycles. The Bertz CT molecular complexity index is 883. The minimum absolute atomic E-state index is 0.0123. The summed E-state index contributed by atoms with van der Waals surface area (Å²) in [7, 11) is -3.50. The van der Waals surface area contributed by atoms with Crippen molar-refractivity contribution in [3.05, 3.63) is 17.5 Å². The molecular weight excluding hydrogens is 446 g/mol. The van der Waals surface area contributed by atoms with Gasteiger partial charge in [-0.15, -0.1) is 11.3 Å². The number of ether oxygens (including phenoxy) is 1. The van der Waals surface area contributed by atoms with Crippen LogP contribution in [0, 0.1) is 11.8 Å². The van der Waals surface area contributed by atoms with Gasteiger partial charge in [0, 0.05) is 38.1 Å². The first-order chi connectivity index (χ1) is 15.6. The van der Waals surface area contributed by atoms with Crippen LogP contribution < -0.4 is 0 Å². The SMILES string of the molecule is O=C(CCC[C@@H]1[C@H]2CCCN3CCC[C@@H](CN1S(=O)(=O)c1cccs1)[C@@H]23)N1CCOCC1. The fourth-order valence-electron chi connectivity index (χ4n) is 6.55. The number of sulfonamides is 1. The molecule has 0 unspecified atom stereocenters. The first kappa shape index (κ1) is 22.8. The Labute approximate surface area is 195 Å². The number of rotatable bonds is 6. The Morgan fingerprint density at radius 1 is 1.12 bits per heavy atom. The van der Waals surface area contributed by atoms with E-state index in [0.717, 1.165) is 45.2 Å². The molecule has 4 fully saturated rings. The van der Waals surface area contributed by atoms with Crippen molar-refractivity contribution >= 4 is 27.3 Å². The number of carbonyl (C=O) groups excluding carboxylic acids is 1. The molecule has 178 valence electrons. The van der Waals surface area contributed by atoms with Crippen LogP contribution in [0.25, 0.3) is 0 Å². The second-order valence-corrected chi connectivity index (χ2v) is 12.8. The van der Waals surface area contributed by atoms with Gasteiger partial charge in [-0.05, 0) is 74.9 Å². The Hall–Kier alpha value is -1.00. The summed E-state index contributed by atoms with van der Waals surface area (Å²) in [5.74, 6) is 0.976. The van der Waals surface area contributed by atoms with Gasteiger partial charge in [-0.25, -0.2) is 8.42 Å². The van der Waals surface area contributed by atoms with E-state index in [2.05, 4.69) is 4.90 Å². The number of amides is 1. The molecule has 5 rings (SSSR count). The normalized spacial score (nSPS) is 31.9. The minimum Gasteiger partial charge on any atom is -0.378 e. The fraction of sp³-hybridized carbons (Fsp3) is 0.783. The van der Waals surface area contributed by atoms with Crippen LogP contribution in [-0.4, -0.2) is 86.5 Å². The van der Waals surface area contributed by atoms with Gasteiger partial charge in [0.15, 0.2) is 0 Å². The van der Waals surface area contributed by atoms with Crippen LogP contribution in [0.3, 0.4) is 0 Å². The van der Waals surface area contributed by atoms with Crippen molar-refractivity contribution in [3.63, 3.8) is 0 Å². The summed E-state index contributed by atoms with van der Waals surface area (Å²) in [5, 5.41) is 1.85.